The first kappa shape index (κ1) is 25.4. The van der Waals surface area contributed by atoms with Crippen LogP contribution in [-0.4, -0.2) is 43.5 Å². The standard InChI is InChI=1S/C23H37FN4O2S/c1-6-9-11-18(4)27(5)31(29,30)22(10-7-2)16-19-17-28(8-3)26-23(19)25-21-14-12-20(24)13-15-21/h12-18,23,25-26H,6-11H2,1-5H3. The van der Waals surface area contributed by atoms with Crippen molar-refractivity contribution in [2.24, 2.45) is 0 Å². The Hall–Kier alpha value is -1.90. The van der Waals surface area contributed by atoms with Crippen LogP contribution in [0.3, 0.4) is 0 Å². The van der Waals surface area contributed by atoms with E-state index in [1.54, 1.807) is 25.3 Å². The molecule has 1 aromatic carbocycles. The fraction of sp³-hybridized carbons (Fsp3) is 0.565. The Morgan fingerprint density at radius 1 is 1.26 bits per heavy atom. The van der Waals surface area contributed by atoms with Crippen molar-refractivity contribution in [1.82, 2.24) is 14.7 Å². The van der Waals surface area contributed by atoms with E-state index in [4.69, 9.17) is 0 Å². The number of rotatable bonds is 12. The zero-order valence-corrected chi connectivity index (χ0v) is 20.2. The van der Waals surface area contributed by atoms with E-state index in [9.17, 15) is 12.8 Å². The highest BCUT2D eigenvalue weighted by atomic mass is 32.2. The smallest absolute Gasteiger partial charge is 0.239 e. The Kier molecular flexibility index (Phi) is 9.53. The van der Waals surface area contributed by atoms with Gasteiger partial charge in [0.15, 0.2) is 0 Å². The molecule has 2 unspecified atom stereocenters. The second-order valence-corrected chi connectivity index (χ2v) is 10.1. The molecule has 31 heavy (non-hydrogen) atoms. The predicted octanol–water partition coefficient (Wildman–Crippen LogP) is 4.81. The van der Waals surface area contributed by atoms with E-state index in [-0.39, 0.29) is 18.0 Å². The third-order valence-corrected chi connectivity index (χ3v) is 7.66. The van der Waals surface area contributed by atoms with Crippen LogP contribution in [0.2, 0.25) is 0 Å². The number of allylic oxidation sites excluding steroid dienone is 1. The van der Waals surface area contributed by atoms with Crippen molar-refractivity contribution in [3.8, 4) is 0 Å². The molecule has 0 saturated carbocycles. The van der Waals surface area contributed by atoms with Gasteiger partial charge in [-0.15, -0.1) is 0 Å². The number of sulfonamides is 1. The van der Waals surface area contributed by atoms with Crippen LogP contribution in [0.5, 0.6) is 0 Å². The monoisotopic (exact) mass is 452 g/mol. The molecule has 1 heterocycles. The second kappa shape index (κ2) is 11.6. The summed E-state index contributed by atoms with van der Waals surface area (Å²) in [4.78, 5) is 0.415. The van der Waals surface area contributed by atoms with Gasteiger partial charge in [0.2, 0.25) is 10.0 Å². The average molecular weight is 453 g/mol. The number of anilines is 1. The van der Waals surface area contributed by atoms with E-state index in [2.05, 4.69) is 17.7 Å². The average Bonchev–Trinajstić information content (AvgIpc) is 3.14. The number of benzene rings is 1. The van der Waals surface area contributed by atoms with Crippen LogP contribution in [-0.2, 0) is 10.0 Å². The molecule has 2 rings (SSSR count). The molecule has 174 valence electrons. The van der Waals surface area contributed by atoms with Crippen molar-refractivity contribution in [2.45, 2.75) is 72.0 Å². The van der Waals surface area contributed by atoms with Crippen LogP contribution in [0, 0.1) is 5.82 Å². The summed E-state index contributed by atoms with van der Waals surface area (Å²) >= 11 is 0. The van der Waals surface area contributed by atoms with Crippen LogP contribution in [0.1, 0.15) is 59.8 Å². The van der Waals surface area contributed by atoms with Gasteiger partial charge in [-0.05, 0) is 57.0 Å². The third kappa shape index (κ3) is 6.79. The van der Waals surface area contributed by atoms with Crippen LogP contribution in [0.25, 0.3) is 0 Å². The molecule has 0 saturated heterocycles. The van der Waals surface area contributed by atoms with Gasteiger partial charge in [0.25, 0.3) is 0 Å². The lowest BCUT2D eigenvalue weighted by Gasteiger charge is -2.26. The lowest BCUT2D eigenvalue weighted by atomic mass is 10.1. The zero-order chi connectivity index (χ0) is 23.0. The molecule has 1 aromatic rings. The zero-order valence-electron chi connectivity index (χ0n) is 19.4. The summed E-state index contributed by atoms with van der Waals surface area (Å²) in [5.74, 6) is -0.299. The van der Waals surface area contributed by atoms with Gasteiger partial charge in [-0.1, -0.05) is 33.1 Å². The van der Waals surface area contributed by atoms with E-state index in [0.29, 0.717) is 11.3 Å². The van der Waals surface area contributed by atoms with Gasteiger partial charge in [0.1, 0.15) is 12.0 Å². The topological polar surface area (TPSA) is 64.7 Å². The SMILES string of the molecule is CCCCC(C)N(C)S(=O)(=O)C(=CC1=CN(CC)NC1Nc1ccc(F)cc1)CCC. The molecule has 1 aliphatic rings. The molecular weight excluding hydrogens is 415 g/mol. The second-order valence-electron chi connectivity index (χ2n) is 8.00. The minimum Gasteiger partial charge on any atom is -0.365 e. The summed E-state index contributed by atoms with van der Waals surface area (Å²) in [7, 11) is -1.90. The van der Waals surface area contributed by atoms with Crippen LogP contribution < -0.4 is 10.7 Å². The van der Waals surface area contributed by atoms with Gasteiger partial charge in [-0.2, -0.15) is 4.31 Å². The molecule has 0 bridgehead atoms. The molecular formula is C23H37FN4O2S. The highest BCUT2D eigenvalue weighted by Gasteiger charge is 2.29. The fourth-order valence-electron chi connectivity index (χ4n) is 3.47. The van der Waals surface area contributed by atoms with Gasteiger partial charge in [-0.25, -0.2) is 18.2 Å². The van der Waals surface area contributed by atoms with Crippen molar-refractivity contribution in [3.05, 3.63) is 52.8 Å². The molecule has 0 radical (unpaired) electrons. The molecule has 6 nitrogen and oxygen atoms in total. The first-order chi connectivity index (χ1) is 14.7. The van der Waals surface area contributed by atoms with Crippen LogP contribution in [0.15, 0.2) is 47.0 Å². The Balaban J connectivity index is 2.32. The number of unbranched alkanes of at least 4 members (excludes halogenated alkanes) is 1. The number of nitrogens with one attached hydrogen (secondary N) is 2. The minimum atomic E-state index is -3.58. The summed E-state index contributed by atoms with van der Waals surface area (Å²) < 4.78 is 41.6. The Bertz CT molecular complexity index is 868. The van der Waals surface area contributed by atoms with Crippen LogP contribution >= 0.6 is 0 Å². The fourth-order valence-corrected chi connectivity index (χ4v) is 5.17. The number of nitrogens with zero attached hydrogens (tertiary/aromatic N) is 2. The van der Waals surface area contributed by atoms with Crippen molar-refractivity contribution in [3.63, 3.8) is 0 Å². The Labute approximate surface area is 187 Å². The summed E-state index contributed by atoms with van der Waals surface area (Å²) in [5.41, 5.74) is 4.89. The highest BCUT2D eigenvalue weighted by Crippen LogP contribution is 2.26. The highest BCUT2D eigenvalue weighted by molar-refractivity contribution is 7.93. The van der Waals surface area contributed by atoms with Crippen molar-refractivity contribution < 1.29 is 12.8 Å². The normalized spacial score (nSPS) is 18.4. The number of hydrogen-bond acceptors (Lipinski definition) is 5. The van der Waals surface area contributed by atoms with Crippen molar-refractivity contribution in [2.75, 3.05) is 18.9 Å². The summed E-state index contributed by atoms with van der Waals surface area (Å²) in [6, 6.07) is 6.07. The quantitative estimate of drug-likeness (QED) is 0.476. The van der Waals surface area contributed by atoms with Gasteiger partial charge < -0.3 is 10.3 Å². The lowest BCUT2D eigenvalue weighted by molar-refractivity contribution is 0.297. The largest absolute Gasteiger partial charge is 0.365 e. The maximum Gasteiger partial charge on any atom is 0.239 e. The van der Waals surface area contributed by atoms with Crippen LogP contribution in [0.4, 0.5) is 10.1 Å². The summed E-state index contributed by atoms with van der Waals surface area (Å²) in [6.07, 6.45) is 7.48. The molecule has 8 heteroatoms. The molecule has 0 aliphatic carbocycles. The maximum absolute atomic E-state index is 13.4. The van der Waals surface area contributed by atoms with E-state index < -0.39 is 10.0 Å². The Morgan fingerprint density at radius 3 is 2.52 bits per heavy atom. The number of hydrazine groups is 1. The minimum absolute atomic E-state index is 0.0545. The van der Waals surface area contributed by atoms with Gasteiger partial charge in [0, 0.05) is 37.1 Å². The van der Waals surface area contributed by atoms with E-state index in [1.807, 2.05) is 32.0 Å². The lowest BCUT2D eigenvalue weighted by Crippen LogP contribution is -2.40. The molecule has 0 aromatic heterocycles. The maximum atomic E-state index is 13.4. The van der Waals surface area contributed by atoms with E-state index in [0.717, 1.165) is 43.5 Å². The number of halogens is 1. The first-order valence-corrected chi connectivity index (χ1v) is 12.6. The molecule has 1 aliphatic heterocycles. The van der Waals surface area contributed by atoms with Gasteiger partial charge in [-0.3, -0.25) is 0 Å². The third-order valence-electron chi connectivity index (χ3n) is 5.56. The molecule has 0 fully saturated rings. The molecule has 2 N–H and O–H groups in total. The number of hydrogen-bond donors (Lipinski definition) is 2. The van der Waals surface area contributed by atoms with Gasteiger partial charge in [0.05, 0.1) is 4.91 Å². The predicted molar refractivity (Wildman–Crippen MR) is 126 cm³/mol. The first-order valence-electron chi connectivity index (χ1n) is 11.2. The Morgan fingerprint density at radius 2 is 1.94 bits per heavy atom. The van der Waals surface area contributed by atoms with E-state index >= 15 is 0 Å². The van der Waals surface area contributed by atoms with Crippen molar-refractivity contribution in [1.29, 1.82) is 0 Å². The van der Waals surface area contributed by atoms with Gasteiger partial charge >= 0.3 is 0 Å². The molecule has 0 amide bonds. The molecule has 2 atom stereocenters. The summed E-state index contributed by atoms with van der Waals surface area (Å²) in [5, 5.41) is 5.23. The molecule has 0 spiro atoms. The van der Waals surface area contributed by atoms with E-state index in [1.165, 1.54) is 16.4 Å². The summed E-state index contributed by atoms with van der Waals surface area (Å²) in [6.45, 7) is 8.79. The van der Waals surface area contributed by atoms with Crippen molar-refractivity contribution >= 4 is 15.7 Å².